The lowest BCUT2D eigenvalue weighted by Gasteiger charge is -2.17. The Morgan fingerprint density at radius 3 is 1.77 bits per heavy atom. The van der Waals surface area contributed by atoms with Gasteiger partial charge >= 0.3 is 0 Å². The van der Waals surface area contributed by atoms with Gasteiger partial charge in [-0.15, -0.1) is 0 Å². The van der Waals surface area contributed by atoms with E-state index in [4.69, 9.17) is 0 Å². The minimum Gasteiger partial charge on any atom is -0.294 e. The van der Waals surface area contributed by atoms with Gasteiger partial charge in [0.1, 0.15) is 0 Å². The highest BCUT2D eigenvalue weighted by atomic mass is 16.1. The van der Waals surface area contributed by atoms with Crippen molar-refractivity contribution in [1.82, 2.24) is 0 Å². The number of benzene rings is 3. The van der Waals surface area contributed by atoms with E-state index in [1.54, 1.807) is 0 Å². The summed E-state index contributed by atoms with van der Waals surface area (Å²) in [7, 11) is 0. The molecule has 1 unspecified atom stereocenters. The lowest BCUT2D eigenvalue weighted by molar-refractivity contribution is 0.0892. The molecule has 0 amide bonds. The summed E-state index contributed by atoms with van der Waals surface area (Å²) in [4.78, 5) is 26.2. The summed E-state index contributed by atoms with van der Waals surface area (Å²) in [6.07, 6.45) is 0.169. The number of hydrogen-bond donors (Lipinski definition) is 0. The Hall–Kier alpha value is -3.00. The van der Waals surface area contributed by atoms with E-state index < -0.39 is 5.92 Å². The Morgan fingerprint density at radius 2 is 1.19 bits per heavy atom. The van der Waals surface area contributed by atoms with Crippen molar-refractivity contribution < 1.29 is 9.59 Å². The maximum absolute atomic E-state index is 13.3. The van der Waals surface area contributed by atoms with Crippen LogP contribution < -0.4 is 0 Å². The van der Waals surface area contributed by atoms with Crippen LogP contribution in [0.25, 0.3) is 0 Å². The topological polar surface area (TPSA) is 34.1 Å². The van der Waals surface area contributed by atoms with Crippen molar-refractivity contribution in [3.05, 3.63) is 107 Å². The normalized spacial score (nSPS) is 11.8. The van der Waals surface area contributed by atoms with Gasteiger partial charge in [0.05, 0.1) is 5.92 Å². The predicted molar refractivity (Wildman–Crippen MR) is 105 cm³/mol. The molecule has 0 bridgehead atoms. The fourth-order valence-electron chi connectivity index (χ4n) is 3.27. The average Bonchev–Trinajstić information content (AvgIpc) is 2.67. The maximum Gasteiger partial charge on any atom is 0.171 e. The van der Waals surface area contributed by atoms with Crippen LogP contribution in [0.2, 0.25) is 0 Å². The molecule has 0 heterocycles. The van der Waals surface area contributed by atoms with Gasteiger partial charge in [0.2, 0.25) is 0 Å². The molecule has 0 fully saturated rings. The first-order chi connectivity index (χ1) is 12.6. The first-order valence-corrected chi connectivity index (χ1v) is 8.81. The Bertz CT molecular complexity index is 926. The molecule has 0 N–H and O–H groups in total. The number of hydrogen-bond acceptors (Lipinski definition) is 2. The van der Waals surface area contributed by atoms with Gasteiger partial charge in [0, 0.05) is 17.5 Å². The number of carbonyl (C=O) groups is 2. The van der Waals surface area contributed by atoms with Crippen molar-refractivity contribution >= 4 is 11.6 Å². The summed E-state index contributed by atoms with van der Waals surface area (Å²) < 4.78 is 0. The van der Waals surface area contributed by atoms with Gasteiger partial charge in [-0.05, 0) is 30.5 Å². The van der Waals surface area contributed by atoms with Crippen molar-refractivity contribution in [1.29, 1.82) is 0 Å². The summed E-state index contributed by atoms with van der Waals surface area (Å²) in [5.41, 5.74) is 4.11. The largest absolute Gasteiger partial charge is 0.294 e. The Kier molecular flexibility index (Phi) is 5.43. The first-order valence-electron chi connectivity index (χ1n) is 8.81. The van der Waals surface area contributed by atoms with Crippen LogP contribution in [-0.4, -0.2) is 11.6 Å². The van der Waals surface area contributed by atoms with Crippen LogP contribution in [0.15, 0.2) is 78.9 Å². The number of carbonyl (C=O) groups excluding carboxylic acids is 2. The molecule has 0 spiro atoms. The standard InChI is InChI=1S/C24H22O2/c1-17-10-6-8-14-20(17)23(25)16-22(19-12-4-3-5-13-19)24(26)21-15-9-7-11-18(21)2/h3-15,22H,16H2,1-2H3. The molecule has 1 atom stereocenters. The molecule has 0 aliphatic rings. The molecule has 0 saturated heterocycles. The molecular formula is C24H22O2. The van der Waals surface area contributed by atoms with Crippen LogP contribution in [0, 0.1) is 13.8 Å². The Balaban J connectivity index is 1.97. The Morgan fingerprint density at radius 1 is 0.692 bits per heavy atom. The second-order valence-corrected chi connectivity index (χ2v) is 6.58. The lowest BCUT2D eigenvalue weighted by atomic mass is 9.84. The SMILES string of the molecule is Cc1ccccc1C(=O)CC(C(=O)c1ccccc1C)c1ccccc1. The zero-order chi connectivity index (χ0) is 18.5. The summed E-state index contributed by atoms with van der Waals surface area (Å²) >= 11 is 0. The van der Waals surface area contributed by atoms with Gasteiger partial charge in [0.15, 0.2) is 11.6 Å². The lowest BCUT2D eigenvalue weighted by Crippen LogP contribution is -2.18. The second-order valence-electron chi connectivity index (χ2n) is 6.58. The van der Waals surface area contributed by atoms with Crippen LogP contribution in [0.1, 0.15) is 49.7 Å². The fraction of sp³-hybridized carbons (Fsp3) is 0.167. The molecule has 0 aromatic heterocycles. The molecule has 26 heavy (non-hydrogen) atoms. The summed E-state index contributed by atoms with van der Waals surface area (Å²) in [5.74, 6) is -0.487. The first kappa shape index (κ1) is 17.8. The molecule has 3 aromatic rings. The van der Waals surface area contributed by atoms with Crippen LogP contribution in [-0.2, 0) is 0 Å². The van der Waals surface area contributed by atoms with E-state index in [-0.39, 0.29) is 18.0 Å². The average molecular weight is 342 g/mol. The van der Waals surface area contributed by atoms with Crippen LogP contribution in [0.4, 0.5) is 0 Å². The van der Waals surface area contributed by atoms with Crippen molar-refractivity contribution in [2.24, 2.45) is 0 Å². The van der Waals surface area contributed by atoms with E-state index >= 15 is 0 Å². The quantitative estimate of drug-likeness (QED) is 0.551. The van der Waals surface area contributed by atoms with Crippen molar-refractivity contribution in [3.8, 4) is 0 Å². The van der Waals surface area contributed by atoms with E-state index in [1.165, 1.54) is 0 Å². The van der Waals surface area contributed by atoms with E-state index in [1.807, 2.05) is 92.7 Å². The number of aryl methyl sites for hydroxylation is 2. The minimum atomic E-state index is -0.482. The molecule has 0 aliphatic heterocycles. The zero-order valence-electron chi connectivity index (χ0n) is 15.1. The second kappa shape index (κ2) is 7.92. The molecule has 3 rings (SSSR count). The molecule has 3 aromatic carbocycles. The molecule has 0 radical (unpaired) electrons. The van der Waals surface area contributed by atoms with E-state index in [0.29, 0.717) is 11.1 Å². The molecule has 2 heteroatoms. The fourth-order valence-corrected chi connectivity index (χ4v) is 3.27. The van der Waals surface area contributed by atoms with Gasteiger partial charge in [-0.1, -0.05) is 78.9 Å². The van der Waals surface area contributed by atoms with E-state index in [9.17, 15) is 9.59 Å². The third kappa shape index (κ3) is 3.80. The van der Waals surface area contributed by atoms with Gasteiger partial charge in [-0.3, -0.25) is 9.59 Å². The van der Waals surface area contributed by atoms with Crippen molar-refractivity contribution in [2.45, 2.75) is 26.2 Å². The van der Waals surface area contributed by atoms with Crippen molar-refractivity contribution in [3.63, 3.8) is 0 Å². The molecule has 2 nitrogen and oxygen atoms in total. The van der Waals surface area contributed by atoms with Crippen LogP contribution in [0.5, 0.6) is 0 Å². The number of Topliss-reactive ketones (excluding diaryl/α,β-unsaturated/α-hetero) is 2. The summed E-state index contributed by atoms with van der Waals surface area (Å²) in [6.45, 7) is 3.85. The van der Waals surface area contributed by atoms with Gasteiger partial charge in [-0.25, -0.2) is 0 Å². The minimum absolute atomic E-state index is 0.00103. The summed E-state index contributed by atoms with van der Waals surface area (Å²) in [6, 6.07) is 24.7. The van der Waals surface area contributed by atoms with Crippen LogP contribution >= 0.6 is 0 Å². The number of ketones is 2. The highest BCUT2D eigenvalue weighted by Crippen LogP contribution is 2.28. The van der Waals surface area contributed by atoms with Crippen molar-refractivity contribution in [2.75, 3.05) is 0 Å². The zero-order valence-corrected chi connectivity index (χ0v) is 15.1. The molecule has 130 valence electrons. The van der Waals surface area contributed by atoms with Gasteiger partial charge < -0.3 is 0 Å². The highest BCUT2D eigenvalue weighted by Gasteiger charge is 2.26. The monoisotopic (exact) mass is 342 g/mol. The third-order valence-electron chi connectivity index (χ3n) is 4.76. The van der Waals surface area contributed by atoms with Gasteiger partial charge in [0.25, 0.3) is 0 Å². The predicted octanol–water partition coefficient (Wildman–Crippen LogP) is 5.54. The Labute approximate surface area is 154 Å². The molecule has 0 saturated carbocycles. The highest BCUT2D eigenvalue weighted by molar-refractivity contribution is 6.07. The molecular weight excluding hydrogens is 320 g/mol. The van der Waals surface area contributed by atoms with Crippen LogP contribution in [0.3, 0.4) is 0 Å². The maximum atomic E-state index is 13.3. The number of rotatable bonds is 6. The third-order valence-corrected chi connectivity index (χ3v) is 4.76. The van der Waals surface area contributed by atoms with E-state index in [2.05, 4.69) is 0 Å². The molecule has 0 aliphatic carbocycles. The van der Waals surface area contributed by atoms with E-state index in [0.717, 1.165) is 16.7 Å². The summed E-state index contributed by atoms with van der Waals surface area (Å²) in [5, 5.41) is 0. The van der Waals surface area contributed by atoms with Gasteiger partial charge in [-0.2, -0.15) is 0 Å². The smallest absolute Gasteiger partial charge is 0.171 e.